The first-order valence-electron chi connectivity index (χ1n) is 8.42. The van der Waals surface area contributed by atoms with Crippen molar-refractivity contribution in [3.63, 3.8) is 0 Å². The highest BCUT2D eigenvalue weighted by Gasteiger charge is 2.13. The zero-order valence-corrected chi connectivity index (χ0v) is 14.6. The van der Waals surface area contributed by atoms with Crippen molar-refractivity contribution in [3.8, 4) is 0 Å². The second kappa shape index (κ2) is 9.57. The van der Waals surface area contributed by atoms with E-state index in [1.807, 2.05) is 7.05 Å². The molecular weight excluding hydrogens is 292 g/mol. The number of aryl methyl sites for hydroxylation is 1. The molecule has 1 saturated heterocycles. The van der Waals surface area contributed by atoms with Crippen molar-refractivity contribution in [1.82, 2.24) is 14.8 Å². The van der Waals surface area contributed by atoms with Gasteiger partial charge in [0, 0.05) is 59.4 Å². The van der Waals surface area contributed by atoms with Gasteiger partial charge in [0.1, 0.15) is 0 Å². The van der Waals surface area contributed by atoms with E-state index in [4.69, 9.17) is 9.47 Å². The normalized spacial score (nSPS) is 16.6. The lowest BCUT2D eigenvalue weighted by Crippen LogP contribution is -2.39. The Labute approximate surface area is 139 Å². The van der Waals surface area contributed by atoms with Gasteiger partial charge in [0.15, 0.2) is 5.96 Å². The fourth-order valence-corrected chi connectivity index (χ4v) is 2.73. The molecule has 6 heteroatoms. The van der Waals surface area contributed by atoms with Crippen LogP contribution in [0.5, 0.6) is 0 Å². The quantitative estimate of drug-likeness (QED) is 0.471. The van der Waals surface area contributed by atoms with E-state index in [-0.39, 0.29) is 0 Å². The molecular formula is C17H30N4O2. The Hall–Kier alpha value is -1.53. The molecule has 0 aliphatic carbocycles. The summed E-state index contributed by atoms with van der Waals surface area (Å²) in [6, 6.07) is 4.19. The maximum atomic E-state index is 5.88. The summed E-state index contributed by atoms with van der Waals surface area (Å²) < 4.78 is 13.3. The highest BCUT2D eigenvalue weighted by Crippen LogP contribution is 2.10. The van der Waals surface area contributed by atoms with E-state index in [2.05, 4.69) is 52.2 Å². The minimum Gasteiger partial charge on any atom is -0.381 e. The Balaban J connectivity index is 1.63. The summed E-state index contributed by atoms with van der Waals surface area (Å²) >= 11 is 0. The average Bonchev–Trinajstić information content (AvgIpc) is 2.96. The van der Waals surface area contributed by atoms with Crippen molar-refractivity contribution in [1.29, 1.82) is 0 Å². The molecule has 1 aliphatic heterocycles. The van der Waals surface area contributed by atoms with Crippen molar-refractivity contribution in [2.24, 2.45) is 12.0 Å². The molecule has 130 valence electrons. The van der Waals surface area contributed by atoms with Crippen molar-refractivity contribution in [2.45, 2.75) is 31.9 Å². The van der Waals surface area contributed by atoms with E-state index in [1.54, 1.807) is 0 Å². The maximum absolute atomic E-state index is 5.88. The molecule has 1 aromatic heterocycles. The SMILES string of the molecule is CN=C(NCCCOC1CCOCC1)N(C)Cc1cccn1C. The molecule has 0 radical (unpaired) electrons. The molecule has 0 saturated carbocycles. The first kappa shape index (κ1) is 17.8. The van der Waals surface area contributed by atoms with Gasteiger partial charge in [-0.15, -0.1) is 0 Å². The molecule has 1 fully saturated rings. The van der Waals surface area contributed by atoms with Crippen LogP contribution in [0.2, 0.25) is 0 Å². The summed E-state index contributed by atoms with van der Waals surface area (Å²) in [5.74, 6) is 0.914. The predicted molar refractivity (Wildman–Crippen MR) is 92.7 cm³/mol. The third-order valence-corrected chi connectivity index (χ3v) is 4.15. The number of ether oxygens (including phenoxy) is 2. The van der Waals surface area contributed by atoms with E-state index in [1.165, 1.54) is 5.69 Å². The summed E-state index contributed by atoms with van der Waals surface area (Å²) in [6.07, 6.45) is 5.47. The van der Waals surface area contributed by atoms with Crippen LogP contribution in [0.4, 0.5) is 0 Å². The van der Waals surface area contributed by atoms with Crippen LogP contribution in [-0.2, 0) is 23.1 Å². The van der Waals surface area contributed by atoms with Gasteiger partial charge in [-0.05, 0) is 31.4 Å². The van der Waals surface area contributed by atoms with E-state index < -0.39 is 0 Å². The Bertz CT molecular complexity index is 481. The minimum atomic E-state index is 0.378. The van der Waals surface area contributed by atoms with Gasteiger partial charge in [0.2, 0.25) is 0 Å². The number of aliphatic imine (C=N–C) groups is 1. The van der Waals surface area contributed by atoms with Gasteiger partial charge in [-0.1, -0.05) is 0 Å². The molecule has 2 rings (SSSR count). The Kier molecular flexibility index (Phi) is 7.42. The second-order valence-corrected chi connectivity index (χ2v) is 5.98. The smallest absolute Gasteiger partial charge is 0.193 e. The van der Waals surface area contributed by atoms with Crippen LogP contribution in [0.3, 0.4) is 0 Å². The zero-order chi connectivity index (χ0) is 16.5. The Morgan fingerprint density at radius 2 is 2.26 bits per heavy atom. The van der Waals surface area contributed by atoms with Crippen molar-refractivity contribution < 1.29 is 9.47 Å². The number of nitrogens with zero attached hydrogens (tertiary/aromatic N) is 3. The topological polar surface area (TPSA) is 51.0 Å². The lowest BCUT2D eigenvalue weighted by atomic mass is 10.1. The molecule has 0 aromatic carbocycles. The van der Waals surface area contributed by atoms with Crippen LogP contribution in [-0.4, -0.2) is 62.0 Å². The summed E-state index contributed by atoms with van der Waals surface area (Å²) in [5.41, 5.74) is 1.26. The van der Waals surface area contributed by atoms with Crippen LogP contribution in [0, 0.1) is 0 Å². The van der Waals surface area contributed by atoms with Gasteiger partial charge in [0.25, 0.3) is 0 Å². The van der Waals surface area contributed by atoms with Crippen molar-refractivity contribution in [3.05, 3.63) is 24.0 Å². The van der Waals surface area contributed by atoms with Gasteiger partial charge in [-0.25, -0.2) is 0 Å². The third kappa shape index (κ3) is 5.88. The standard InChI is InChI=1S/C17H30N4O2/c1-18-17(21(3)14-15-6-4-10-20(15)2)19-9-5-11-23-16-7-12-22-13-8-16/h4,6,10,16H,5,7-9,11-14H2,1-3H3,(H,18,19). The van der Waals surface area contributed by atoms with E-state index >= 15 is 0 Å². The lowest BCUT2D eigenvalue weighted by molar-refractivity contribution is -0.0320. The van der Waals surface area contributed by atoms with E-state index in [0.29, 0.717) is 6.10 Å². The van der Waals surface area contributed by atoms with Crippen LogP contribution in [0.25, 0.3) is 0 Å². The predicted octanol–water partition coefficient (Wildman–Crippen LogP) is 1.62. The fraction of sp³-hybridized carbons (Fsp3) is 0.706. The van der Waals surface area contributed by atoms with Crippen molar-refractivity contribution in [2.75, 3.05) is 40.5 Å². The van der Waals surface area contributed by atoms with E-state index in [9.17, 15) is 0 Å². The molecule has 0 spiro atoms. The lowest BCUT2D eigenvalue weighted by Gasteiger charge is -2.24. The van der Waals surface area contributed by atoms with Crippen LogP contribution < -0.4 is 5.32 Å². The molecule has 23 heavy (non-hydrogen) atoms. The first-order chi connectivity index (χ1) is 11.2. The van der Waals surface area contributed by atoms with Gasteiger partial charge in [-0.3, -0.25) is 4.99 Å². The molecule has 0 atom stereocenters. The number of hydrogen-bond donors (Lipinski definition) is 1. The number of hydrogen-bond acceptors (Lipinski definition) is 3. The third-order valence-electron chi connectivity index (χ3n) is 4.15. The Morgan fingerprint density at radius 3 is 2.91 bits per heavy atom. The first-order valence-corrected chi connectivity index (χ1v) is 8.42. The summed E-state index contributed by atoms with van der Waals surface area (Å²) in [4.78, 5) is 6.48. The molecule has 0 unspecified atom stereocenters. The highest BCUT2D eigenvalue weighted by molar-refractivity contribution is 5.79. The number of guanidine groups is 1. The second-order valence-electron chi connectivity index (χ2n) is 5.98. The number of nitrogens with one attached hydrogen (secondary N) is 1. The number of rotatable bonds is 7. The summed E-state index contributed by atoms with van der Waals surface area (Å²) in [7, 11) is 5.94. The fourth-order valence-electron chi connectivity index (χ4n) is 2.73. The number of aromatic nitrogens is 1. The summed E-state index contributed by atoms with van der Waals surface area (Å²) in [5, 5.41) is 3.40. The van der Waals surface area contributed by atoms with Crippen molar-refractivity contribution >= 4 is 5.96 Å². The monoisotopic (exact) mass is 322 g/mol. The maximum Gasteiger partial charge on any atom is 0.193 e. The van der Waals surface area contributed by atoms with Gasteiger partial charge >= 0.3 is 0 Å². The van der Waals surface area contributed by atoms with E-state index in [0.717, 1.165) is 58.1 Å². The zero-order valence-electron chi connectivity index (χ0n) is 14.6. The minimum absolute atomic E-state index is 0.378. The largest absolute Gasteiger partial charge is 0.381 e. The van der Waals surface area contributed by atoms with Gasteiger partial charge in [0.05, 0.1) is 12.6 Å². The molecule has 6 nitrogen and oxygen atoms in total. The molecule has 0 bridgehead atoms. The van der Waals surface area contributed by atoms with Crippen LogP contribution >= 0.6 is 0 Å². The molecule has 1 aliphatic rings. The van der Waals surface area contributed by atoms with Crippen LogP contribution in [0.1, 0.15) is 25.0 Å². The van der Waals surface area contributed by atoms with Gasteiger partial charge in [-0.2, -0.15) is 0 Å². The summed E-state index contributed by atoms with van der Waals surface area (Å²) in [6.45, 7) is 4.16. The van der Waals surface area contributed by atoms with Crippen LogP contribution in [0.15, 0.2) is 23.3 Å². The average molecular weight is 322 g/mol. The Morgan fingerprint density at radius 1 is 1.48 bits per heavy atom. The molecule has 2 heterocycles. The molecule has 0 amide bonds. The molecule has 1 N–H and O–H groups in total. The highest BCUT2D eigenvalue weighted by atomic mass is 16.5. The molecule has 1 aromatic rings. The van der Waals surface area contributed by atoms with Gasteiger partial charge < -0.3 is 24.3 Å².